The maximum absolute atomic E-state index is 13.7. The van der Waals surface area contributed by atoms with Crippen LogP contribution in [0.3, 0.4) is 0 Å². The third-order valence-corrected chi connectivity index (χ3v) is 7.65. The Morgan fingerprint density at radius 2 is 1.62 bits per heavy atom. The number of nitrogens with zero attached hydrogens (tertiary/aromatic N) is 2. The highest BCUT2D eigenvalue weighted by Gasteiger charge is 2.52. The van der Waals surface area contributed by atoms with Gasteiger partial charge in [-0.25, -0.2) is 4.39 Å². The van der Waals surface area contributed by atoms with Crippen LogP contribution in [0, 0.1) is 11.7 Å². The topological polar surface area (TPSA) is 42.4 Å². The second kappa shape index (κ2) is 10.5. The molecule has 3 aromatic rings. The molecule has 4 nitrogen and oxygen atoms in total. The fraction of sp³-hybridized carbons (Fsp3) is 0.379. The molecule has 2 unspecified atom stereocenters. The first kappa shape index (κ1) is 28.1. The molecular formula is C29H25F7N2O2. The highest BCUT2D eigenvalue weighted by atomic mass is 19.4. The summed E-state index contributed by atoms with van der Waals surface area (Å²) in [6.07, 6.45) is -9.36. The molecule has 1 aromatic heterocycles. The van der Waals surface area contributed by atoms with E-state index in [-0.39, 0.29) is 36.0 Å². The summed E-state index contributed by atoms with van der Waals surface area (Å²) < 4.78 is 100. The lowest BCUT2D eigenvalue weighted by Crippen LogP contribution is -2.31. The van der Waals surface area contributed by atoms with Crippen molar-refractivity contribution in [3.63, 3.8) is 0 Å². The average molecular weight is 567 g/mol. The minimum Gasteiger partial charge on any atom is -0.368 e. The smallest absolute Gasteiger partial charge is 0.368 e. The van der Waals surface area contributed by atoms with Gasteiger partial charge in [0.05, 0.1) is 23.3 Å². The van der Waals surface area contributed by atoms with Gasteiger partial charge in [0.2, 0.25) is 5.91 Å². The molecule has 1 amide bonds. The van der Waals surface area contributed by atoms with Crippen LogP contribution in [0.1, 0.15) is 53.3 Å². The Labute approximate surface area is 225 Å². The number of rotatable bonds is 6. The number of alkyl halides is 6. The van der Waals surface area contributed by atoms with Crippen molar-refractivity contribution in [2.45, 2.75) is 56.3 Å². The quantitative estimate of drug-likeness (QED) is 0.303. The molecule has 0 bridgehead atoms. The first-order valence-electron chi connectivity index (χ1n) is 12.7. The van der Waals surface area contributed by atoms with Crippen LogP contribution in [0.5, 0.6) is 0 Å². The molecule has 3 heterocycles. The van der Waals surface area contributed by atoms with Gasteiger partial charge in [0.1, 0.15) is 5.82 Å². The molecule has 2 fully saturated rings. The third-order valence-electron chi connectivity index (χ3n) is 7.65. The summed E-state index contributed by atoms with van der Waals surface area (Å²) in [6.45, 7) is 1.48. The molecule has 0 saturated carbocycles. The van der Waals surface area contributed by atoms with E-state index in [4.69, 9.17) is 4.74 Å². The molecule has 2 aliphatic rings. The summed E-state index contributed by atoms with van der Waals surface area (Å²) in [5, 5.41) is 0. The van der Waals surface area contributed by atoms with Gasteiger partial charge in [-0.05, 0) is 66.9 Å². The minimum absolute atomic E-state index is 0.0730. The standard InChI is InChI=1S/C29H25F7N2O2/c1-16(18-10-20(28(31,32)33)14-21(11-18)29(34,35)36)40-25-15-38-24(26(25)17-5-7-22(30)8-6-17)13-19(27(38)39)12-23-4-2-3-9-37-23/h2-11,14,16,19,24-26H,12-13,15H2,1H3/t16-,19?,24?,25+,26+/m1/s1. The molecule has 2 aromatic carbocycles. The molecule has 2 aliphatic heterocycles. The fourth-order valence-electron chi connectivity index (χ4n) is 5.78. The van der Waals surface area contributed by atoms with Gasteiger partial charge in [0.25, 0.3) is 0 Å². The second-order valence-electron chi connectivity index (χ2n) is 10.2. The van der Waals surface area contributed by atoms with Gasteiger partial charge in [-0.15, -0.1) is 0 Å². The van der Waals surface area contributed by atoms with Crippen molar-refractivity contribution in [1.29, 1.82) is 0 Å². The van der Waals surface area contributed by atoms with Gasteiger partial charge in [-0.2, -0.15) is 26.3 Å². The van der Waals surface area contributed by atoms with Gasteiger partial charge in [-0.3, -0.25) is 9.78 Å². The van der Waals surface area contributed by atoms with Crippen LogP contribution in [0.15, 0.2) is 66.9 Å². The number of amides is 1. The minimum atomic E-state index is -4.99. The van der Waals surface area contributed by atoms with Crippen LogP contribution in [-0.2, 0) is 28.3 Å². The number of hydrogen-bond acceptors (Lipinski definition) is 3. The highest BCUT2D eigenvalue weighted by Crippen LogP contribution is 2.46. The Morgan fingerprint density at radius 3 is 2.20 bits per heavy atom. The summed E-state index contributed by atoms with van der Waals surface area (Å²) in [5.74, 6) is -1.41. The molecule has 212 valence electrons. The summed E-state index contributed by atoms with van der Waals surface area (Å²) in [4.78, 5) is 19.3. The van der Waals surface area contributed by atoms with Crippen molar-refractivity contribution in [3.05, 3.63) is 101 Å². The number of benzene rings is 2. The van der Waals surface area contributed by atoms with Gasteiger partial charge in [-0.1, -0.05) is 18.2 Å². The zero-order chi connectivity index (χ0) is 28.8. The zero-order valence-corrected chi connectivity index (χ0v) is 21.2. The van der Waals surface area contributed by atoms with E-state index in [1.54, 1.807) is 29.3 Å². The lowest BCUT2D eigenvalue weighted by molar-refractivity contribution is -0.143. The van der Waals surface area contributed by atoms with Gasteiger partial charge in [0.15, 0.2) is 0 Å². The molecule has 5 atom stereocenters. The number of fused-ring (bicyclic) bond motifs is 1. The normalized spacial score (nSPS) is 23.9. The lowest BCUT2D eigenvalue weighted by Gasteiger charge is -2.27. The van der Waals surface area contributed by atoms with Crippen molar-refractivity contribution in [3.8, 4) is 0 Å². The predicted molar refractivity (Wildman–Crippen MR) is 130 cm³/mol. The highest BCUT2D eigenvalue weighted by molar-refractivity contribution is 5.82. The number of ether oxygens (including phenoxy) is 1. The Kier molecular flexibility index (Phi) is 7.37. The summed E-state index contributed by atoms with van der Waals surface area (Å²) in [6, 6.07) is 12.1. The van der Waals surface area contributed by atoms with Crippen molar-refractivity contribution < 1.29 is 40.3 Å². The van der Waals surface area contributed by atoms with Crippen LogP contribution < -0.4 is 0 Å². The lowest BCUT2D eigenvalue weighted by atomic mass is 9.85. The van der Waals surface area contributed by atoms with E-state index in [9.17, 15) is 35.5 Å². The fourth-order valence-corrected chi connectivity index (χ4v) is 5.78. The Balaban J connectivity index is 1.43. The maximum Gasteiger partial charge on any atom is 0.416 e. The average Bonchev–Trinajstić information content (AvgIpc) is 3.39. The summed E-state index contributed by atoms with van der Waals surface area (Å²) in [5.41, 5.74) is -1.72. The zero-order valence-electron chi connectivity index (χ0n) is 21.2. The van der Waals surface area contributed by atoms with Crippen LogP contribution in [-0.4, -0.2) is 34.5 Å². The molecule has 0 spiro atoms. The van der Waals surface area contributed by atoms with E-state index in [2.05, 4.69) is 4.98 Å². The molecule has 11 heteroatoms. The largest absolute Gasteiger partial charge is 0.416 e. The summed E-state index contributed by atoms with van der Waals surface area (Å²) >= 11 is 0. The molecule has 0 N–H and O–H groups in total. The number of hydrogen-bond donors (Lipinski definition) is 0. The number of carbonyl (C=O) groups excluding carboxylic acids is 1. The van der Waals surface area contributed by atoms with Crippen LogP contribution >= 0.6 is 0 Å². The molecule has 0 radical (unpaired) electrons. The van der Waals surface area contributed by atoms with Crippen LogP contribution in [0.2, 0.25) is 0 Å². The SMILES string of the molecule is C[C@@H](O[C@H]1CN2C(=O)C(Cc3ccccn3)CC2[C@@H]1c1ccc(F)cc1)c1cc(C(F)(F)F)cc(C(F)(F)F)c1. The maximum atomic E-state index is 13.7. The van der Waals surface area contributed by atoms with E-state index in [1.807, 2.05) is 12.1 Å². The van der Waals surface area contributed by atoms with Gasteiger partial charge in [0, 0.05) is 42.7 Å². The first-order valence-corrected chi connectivity index (χ1v) is 12.7. The Morgan fingerprint density at radius 1 is 0.975 bits per heavy atom. The first-order chi connectivity index (χ1) is 18.8. The Hall–Kier alpha value is -3.47. The van der Waals surface area contributed by atoms with E-state index in [0.29, 0.717) is 30.5 Å². The van der Waals surface area contributed by atoms with E-state index < -0.39 is 47.4 Å². The number of carbonyl (C=O) groups is 1. The van der Waals surface area contributed by atoms with Crippen LogP contribution in [0.4, 0.5) is 30.7 Å². The van der Waals surface area contributed by atoms with Crippen molar-refractivity contribution >= 4 is 5.91 Å². The number of pyridine rings is 1. The molecule has 0 aliphatic carbocycles. The van der Waals surface area contributed by atoms with Crippen LogP contribution in [0.25, 0.3) is 0 Å². The van der Waals surface area contributed by atoms with Crippen molar-refractivity contribution in [2.24, 2.45) is 5.92 Å². The number of halogens is 7. The van der Waals surface area contributed by atoms with Crippen molar-refractivity contribution in [1.82, 2.24) is 9.88 Å². The van der Waals surface area contributed by atoms with Crippen molar-refractivity contribution in [2.75, 3.05) is 6.54 Å². The molecule has 5 rings (SSSR count). The predicted octanol–water partition coefficient (Wildman–Crippen LogP) is 6.96. The number of aromatic nitrogens is 1. The van der Waals surface area contributed by atoms with Gasteiger partial charge < -0.3 is 9.64 Å². The van der Waals surface area contributed by atoms with Gasteiger partial charge >= 0.3 is 12.4 Å². The summed E-state index contributed by atoms with van der Waals surface area (Å²) in [7, 11) is 0. The van der Waals surface area contributed by atoms with E-state index >= 15 is 0 Å². The molecule has 2 saturated heterocycles. The Bertz CT molecular complexity index is 1330. The third kappa shape index (κ3) is 5.70. The monoisotopic (exact) mass is 566 g/mol. The molecule has 40 heavy (non-hydrogen) atoms. The molecular weight excluding hydrogens is 541 g/mol. The second-order valence-corrected chi connectivity index (χ2v) is 10.2. The van der Waals surface area contributed by atoms with E-state index in [1.165, 1.54) is 19.1 Å². The van der Waals surface area contributed by atoms with E-state index in [0.717, 1.165) is 5.69 Å².